The first-order chi connectivity index (χ1) is 9.65. The molecule has 0 spiro atoms. The van der Waals surface area contributed by atoms with Crippen LogP contribution in [-0.2, 0) is 4.79 Å². The highest BCUT2D eigenvalue weighted by Crippen LogP contribution is 2.26. The summed E-state index contributed by atoms with van der Waals surface area (Å²) < 4.78 is 0. The van der Waals surface area contributed by atoms with E-state index < -0.39 is 0 Å². The van der Waals surface area contributed by atoms with Crippen LogP contribution in [0.15, 0.2) is 52.5 Å². The van der Waals surface area contributed by atoms with Crippen LogP contribution in [0.1, 0.15) is 11.8 Å². The molecule has 0 aliphatic carbocycles. The van der Waals surface area contributed by atoms with E-state index in [9.17, 15) is 4.79 Å². The minimum Gasteiger partial charge on any atom is -0.267 e. The zero-order chi connectivity index (χ0) is 14.1. The van der Waals surface area contributed by atoms with Gasteiger partial charge in [-0.15, -0.1) is 11.3 Å². The van der Waals surface area contributed by atoms with E-state index in [2.05, 4.69) is 5.10 Å². The minimum absolute atomic E-state index is 0.113. The van der Waals surface area contributed by atoms with Crippen LogP contribution in [0, 0.1) is 0 Å². The van der Waals surface area contributed by atoms with E-state index in [1.54, 1.807) is 35.6 Å². The Morgan fingerprint density at radius 3 is 2.65 bits per heavy atom. The van der Waals surface area contributed by atoms with Crippen LogP contribution >= 0.6 is 22.9 Å². The Morgan fingerprint density at radius 1 is 1.25 bits per heavy atom. The molecular formula is C15H11ClN2OS. The van der Waals surface area contributed by atoms with Crippen LogP contribution in [0.3, 0.4) is 0 Å². The van der Waals surface area contributed by atoms with Gasteiger partial charge in [0.15, 0.2) is 0 Å². The second kappa shape index (κ2) is 5.23. The Bertz CT molecular complexity index is 702. The van der Waals surface area contributed by atoms with Crippen LogP contribution in [0.25, 0.3) is 6.08 Å². The molecule has 2 heterocycles. The summed E-state index contributed by atoms with van der Waals surface area (Å²) in [6, 6.07) is 11.0. The lowest BCUT2D eigenvalue weighted by atomic mass is 10.1. The molecule has 100 valence electrons. The Morgan fingerprint density at radius 2 is 2.00 bits per heavy atom. The lowest BCUT2D eigenvalue weighted by Crippen LogP contribution is -2.21. The molecule has 1 amide bonds. The van der Waals surface area contributed by atoms with Crippen molar-refractivity contribution >= 4 is 46.3 Å². The number of halogens is 1. The maximum absolute atomic E-state index is 12.4. The fraction of sp³-hybridized carbons (Fsp3) is 0.0667. The number of amides is 1. The monoisotopic (exact) mass is 302 g/mol. The molecule has 0 radical (unpaired) electrons. The van der Waals surface area contributed by atoms with Gasteiger partial charge < -0.3 is 0 Å². The summed E-state index contributed by atoms with van der Waals surface area (Å²) in [6.45, 7) is 1.84. The molecular weight excluding hydrogens is 292 g/mol. The molecule has 1 aromatic heterocycles. The molecule has 20 heavy (non-hydrogen) atoms. The number of rotatable bonds is 2. The molecule has 1 aromatic carbocycles. The number of nitrogens with zero attached hydrogens (tertiary/aromatic N) is 2. The van der Waals surface area contributed by atoms with Gasteiger partial charge in [-0.05, 0) is 48.7 Å². The molecule has 3 rings (SSSR count). The van der Waals surface area contributed by atoms with Gasteiger partial charge >= 0.3 is 0 Å². The molecule has 1 aliphatic heterocycles. The Kier molecular flexibility index (Phi) is 3.42. The summed E-state index contributed by atoms with van der Waals surface area (Å²) in [6.07, 6.45) is 1.88. The normalized spacial score (nSPS) is 16.9. The molecule has 0 N–H and O–H groups in total. The summed E-state index contributed by atoms with van der Waals surface area (Å²) in [4.78, 5) is 13.5. The second-order valence-electron chi connectivity index (χ2n) is 4.35. The Hall–Kier alpha value is -1.91. The zero-order valence-electron chi connectivity index (χ0n) is 10.7. The zero-order valence-corrected chi connectivity index (χ0v) is 12.3. The number of benzene rings is 1. The molecule has 0 saturated heterocycles. The van der Waals surface area contributed by atoms with Crippen molar-refractivity contribution in [3.63, 3.8) is 0 Å². The van der Waals surface area contributed by atoms with Gasteiger partial charge in [0.2, 0.25) is 0 Å². The number of hydrazone groups is 1. The summed E-state index contributed by atoms with van der Waals surface area (Å²) >= 11 is 7.45. The highest BCUT2D eigenvalue weighted by Gasteiger charge is 2.28. The molecule has 0 bridgehead atoms. The van der Waals surface area contributed by atoms with Crippen LogP contribution in [0.2, 0.25) is 5.02 Å². The predicted octanol–water partition coefficient (Wildman–Crippen LogP) is 4.21. The summed E-state index contributed by atoms with van der Waals surface area (Å²) in [5.41, 5.74) is 2.06. The molecule has 3 nitrogen and oxygen atoms in total. The average Bonchev–Trinajstić information content (AvgIpc) is 3.04. The average molecular weight is 303 g/mol. The number of hydrogen-bond donors (Lipinski definition) is 0. The van der Waals surface area contributed by atoms with Crippen LogP contribution < -0.4 is 5.01 Å². The Balaban J connectivity index is 1.94. The van der Waals surface area contributed by atoms with Gasteiger partial charge in [-0.3, -0.25) is 4.79 Å². The van der Waals surface area contributed by atoms with Crippen molar-refractivity contribution in [1.82, 2.24) is 0 Å². The third-order valence-corrected chi connectivity index (χ3v) is 4.03. The van der Waals surface area contributed by atoms with Crippen LogP contribution in [0.5, 0.6) is 0 Å². The standard InChI is InChI=1S/C15H11ClN2OS/c1-10-14(9-13-3-2-8-20-13)15(19)18(17-10)12-6-4-11(16)5-7-12/h2-9H,1H3/b14-9-. The van der Waals surface area contributed by atoms with Crippen molar-refractivity contribution < 1.29 is 4.79 Å². The van der Waals surface area contributed by atoms with Gasteiger partial charge in [0.25, 0.3) is 5.91 Å². The third kappa shape index (κ3) is 2.40. The first-order valence-corrected chi connectivity index (χ1v) is 7.32. The summed E-state index contributed by atoms with van der Waals surface area (Å²) in [7, 11) is 0. The van der Waals surface area contributed by atoms with E-state index in [-0.39, 0.29) is 5.91 Å². The van der Waals surface area contributed by atoms with E-state index in [1.165, 1.54) is 5.01 Å². The quantitative estimate of drug-likeness (QED) is 0.765. The Labute approximate surface area is 125 Å². The lowest BCUT2D eigenvalue weighted by Gasteiger charge is -2.11. The van der Waals surface area contributed by atoms with E-state index >= 15 is 0 Å². The van der Waals surface area contributed by atoms with Gasteiger partial charge in [0.05, 0.1) is 17.0 Å². The van der Waals surface area contributed by atoms with Crippen molar-refractivity contribution in [1.29, 1.82) is 0 Å². The topological polar surface area (TPSA) is 32.7 Å². The van der Waals surface area contributed by atoms with Gasteiger partial charge in [0.1, 0.15) is 0 Å². The lowest BCUT2D eigenvalue weighted by molar-refractivity contribution is -0.114. The minimum atomic E-state index is -0.113. The molecule has 0 fully saturated rings. The van der Waals surface area contributed by atoms with E-state index in [4.69, 9.17) is 11.6 Å². The highest BCUT2D eigenvalue weighted by atomic mass is 35.5. The molecule has 0 unspecified atom stereocenters. The predicted molar refractivity (Wildman–Crippen MR) is 84.3 cm³/mol. The number of carbonyl (C=O) groups excluding carboxylic acids is 1. The molecule has 2 aromatic rings. The van der Waals surface area contributed by atoms with Crippen molar-refractivity contribution in [3.05, 3.63) is 57.3 Å². The molecule has 5 heteroatoms. The largest absolute Gasteiger partial charge is 0.280 e. The number of thiophene rings is 1. The SMILES string of the molecule is CC1=NN(c2ccc(Cl)cc2)C(=O)/C1=C\c1cccs1. The van der Waals surface area contributed by atoms with E-state index in [0.29, 0.717) is 16.3 Å². The highest BCUT2D eigenvalue weighted by molar-refractivity contribution is 7.10. The van der Waals surface area contributed by atoms with Crippen LogP contribution in [-0.4, -0.2) is 11.6 Å². The fourth-order valence-electron chi connectivity index (χ4n) is 1.96. The second-order valence-corrected chi connectivity index (χ2v) is 5.77. The molecule has 1 aliphatic rings. The molecule has 0 saturated carbocycles. The van der Waals surface area contributed by atoms with Gasteiger partial charge in [-0.1, -0.05) is 17.7 Å². The van der Waals surface area contributed by atoms with Crippen molar-refractivity contribution in [2.24, 2.45) is 5.10 Å². The van der Waals surface area contributed by atoms with Crippen molar-refractivity contribution in [2.45, 2.75) is 6.92 Å². The van der Waals surface area contributed by atoms with Gasteiger partial charge in [0, 0.05) is 9.90 Å². The number of hydrogen-bond acceptors (Lipinski definition) is 3. The number of carbonyl (C=O) groups is 1. The smallest absolute Gasteiger partial charge is 0.267 e. The van der Waals surface area contributed by atoms with Crippen LogP contribution in [0.4, 0.5) is 5.69 Å². The third-order valence-electron chi connectivity index (χ3n) is 2.96. The summed E-state index contributed by atoms with van der Waals surface area (Å²) in [5, 5.41) is 8.35. The number of anilines is 1. The summed E-state index contributed by atoms with van der Waals surface area (Å²) in [5.74, 6) is -0.113. The van der Waals surface area contributed by atoms with E-state index in [1.807, 2.05) is 30.5 Å². The maximum Gasteiger partial charge on any atom is 0.280 e. The van der Waals surface area contributed by atoms with Gasteiger partial charge in [-0.2, -0.15) is 10.1 Å². The van der Waals surface area contributed by atoms with E-state index in [0.717, 1.165) is 10.6 Å². The fourth-order valence-corrected chi connectivity index (χ4v) is 2.74. The molecule has 0 atom stereocenters. The first-order valence-electron chi connectivity index (χ1n) is 6.06. The maximum atomic E-state index is 12.4. The van der Waals surface area contributed by atoms with Gasteiger partial charge in [-0.25, -0.2) is 0 Å². The van der Waals surface area contributed by atoms with Crippen molar-refractivity contribution in [3.8, 4) is 0 Å². The first kappa shape index (κ1) is 13.1. The van der Waals surface area contributed by atoms with Crippen molar-refractivity contribution in [2.75, 3.05) is 5.01 Å².